The number of amides is 3. The molecule has 0 aliphatic heterocycles. The first kappa shape index (κ1) is 18.7. The van der Waals surface area contributed by atoms with Gasteiger partial charge in [-0.15, -0.1) is 10.2 Å². The lowest BCUT2D eigenvalue weighted by Gasteiger charge is -2.06. The highest BCUT2D eigenvalue weighted by Gasteiger charge is 2.14. The Hall–Kier alpha value is -3.07. The molecule has 0 bridgehead atoms. The van der Waals surface area contributed by atoms with E-state index in [2.05, 4.69) is 20.8 Å². The first-order valence-electron chi connectivity index (χ1n) is 8.22. The van der Waals surface area contributed by atoms with Gasteiger partial charge < -0.3 is 14.3 Å². The van der Waals surface area contributed by atoms with Crippen LogP contribution >= 0.6 is 11.8 Å². The molecule has 3 rings (SSSR count). The number of nitrogens with zero attached hydrogens (tertiary/aromatic N) is 3. The fraction of sp³-hybridized carbons (Fsp3) is 0.222. The van der Waals surface area contributed by atoms with Crippen LogP contribution in [0.25, 0.3) is 11.4 Å². The Morgan fingerprint density at radius 1 is 1.22 bits per heavy atom. The number of hydrogen-bond acceptors (Lipinski definition) is 6. The number of thioether (sulfide) groups is 1. The van der Waals surface area contributed by atoms with E-state index in [1.165, 1.54) is 18.0 Å². The number of aryl methyl sites for hydroxylation is 1. The summed E-state index contributed by atoms with van der Waals surface area (Å²) in [6.07, 6.45) is 1.52. The zero-order chi connectivity index (χ0) is 19.2. The Balaban J connectivity index is 1.51. The molecule has 3 amide bonds. The van der Waals surface area contributed by atoms with Crippen LogP contribution < -0.4 is 10.6 Å². The Bertz CT molecular complexity index is 936. The molecule has 0 saturated heterocycles. The third kappa shape index (κ3) is 4.98. The predicted octanol–water partition coefficient (Wildman–Crippen LogP) is 2.50. The highest BCUT2D eigenvalue weighted by Crippen LogP contribution is 2.23. The average molecular weight is 385 g/mol. The van der Waals surface area contributed by atoms with Gasteiger partial charge in [0.1, 0.15) is 5.76 Å². The summed E-state index contributed by atoms with van der Waals surface area (Å²) in [6, 6.07) is 10.8. The van der Waals surface area contributed by atoms with Crippen molar-refractivity contribution < 1.29 is 14.0 Å². The maximum Gasteiger partial charge on any atom is 0.321 e. The van der Waals surface area contributed by atoms with Crippen LogP contribution in [-0.2, 0) is 18.4 Å². The Morgan fingerprint density at radius 3 is 2.81 bits per heavy atom. The Labute approximate surface area is 160 Å². The van der Waals surface area contributed by atoms with Gasteiger partial charge in [-0.2, -0.15) is 0 Å². The molecular weight excluding hydrogens is 366 g/mol. The van der Waals surface area contributed by atoms with Crippen LogP contribution in [0.5, 0.6) is 0 Å². The van der Waals surface area contributed by atoms with Crippen molar-refractivity contribution >= 4 is 23.7 Å². The van der Waals surface area contributed by atoms with E-state index in [9.17, 15) is 9.59 Å². The summed E-state index contributed by atoms with van der Waals surface area (Å²) in [7, 11) is 1.84. The SMILES string of the molecule is Cc1cccc(-c2nnc(SCC(=O)NC(=O)NCc3ccco3)n2C)c1. The minimum atomic E-state index is -0.574. The van der Waals surface area contributed by atoms with Gasteiger partial charge in [-0.25, -0.2) is 4.79 Å². The molecule has 0 spiro atoms. The van der Waals surface area contributed by atoms with Gasteiger partial charge in [-0.3, -0.25) is 10.1 Å². The minimum Gasteiger partial charge on any atom is -0.467 e. The van der Waals surface area contributed by atoms with E-state index in [4.69, 9.17) is 4.42 Å². The van der Waals surface area contributed by atoms with Gasteiger partial charge in [0, 0.05) is 12.6 Å². The number of rotatable bonds is 6. The number of benzene rings is 1. The van der Waals surface area contributed by atoms with Crippen molar-refractivity contribution in [3.8, 4) is 11.4 Å². The van der Waals surface area contributed by atoms with Crippen molar-refractivity contribution in [3.05, 3.63) is 54.0 Å². The standard InChI is InChI=1S/C18H19N5O3S/c1-12-5-3-6-13(9-12)16-21-22-18(23(16)2)27-11-15(24)20-17(25)19-10-14-7-4-8-26-14/h3-9H,10-11H2,1-2H3,(H2,19,20,24,25). The van der Waals surface area contributed by atoms with Gasteiger partial charge in [0.25, 0.3) is 0 Å². The van der Waals surface area contributed by atoms with E-state index in [0.717, 1.165) is 17.0 Å². The topological polar surface area (TPSA) is 102 Å². The van der Waals surface area contributed by atoms with Gasteiger partial charge in [0.05, 0.1) is 18.6 Å². The Kier molecular flexibility index (Phi) is 5.92. The summed E-state index contributed by atoms with van der Waals surface area (Å²) < 4.78 is 6.93. The fourth-order valence-electron chi connectivity index (χ4n) is 2.39. The summed E-state index contributed by atoms with van der Waals surface area (Å²) in [6.45, 7) is 2.22. The average Bonchev–Trinajstić information content (AvgIpc) is 3.28. The summed E-state index contributed by atoms with van der Waals surface area (Å²) in [5.41, 5.74) is 2.09. The molecular formula is C18H19N5O3S. The summed E-state index contributed by atoms with van der Waals surface area (Å²) in [5, 5.41) is 13.7. The lowest BCUT2D eigenvalue weighted by Crippen LogP contribution is -2.39. The molecule has 2 N–H and O–H groups in total. The van der Waals surface area contributed by atoms with Gasteiger partial charge in [0.2, 0.25) is 5.91 Å². The van der Waals surface area contributed by atoms with Crippen LogP contribution in [0.1, 0.15) is 11.3 Å². The number of carbonyl (C=O) groups is 2. The number of hydrogen-bond donors (Lipinski definition) is 2. The molecule has 0 fully saturated rings. The van der Waals surface area contributed by atoms with Gasteiger partial charge in [0.15, 0.2) is 11.0 Å². The van der Waals surface area contributed by atoms with E-state index >= 15 is 0 Å². The summed E-state index contributed by atoms with van der Waals surface area (Å²) in [5.74, 6) is 0.957. The molecule has 27 heavy (non-hydrogen) atoms. The molecule has 140 valence electrons. The van der Waals surface area contributed by atoms with Gasteiger partial charge >= 0.3 is 6.03 Å². The molecule has 0 saturated carbocycles. The first-order chi connectivity index (χ1) is 13.0. The first-order valence-corrected chi connectivity index (χ1v) is 9.21. The number of aromatic nitrogens is 3. The third-order valence-electron chi connectivity index (χ3n) is 3.70. The second kappa shape index (κ2) is 8.54. The number of nitrogens with one attached hydrogen (secondary N) is 2. The molecule has 0 aliphatic carbocycles. The second-order valence-corrected chi connectivity index (χ2v) is 6.78. The molecule has 1 aromatic carbocycles. The van der Waals surface area contributed by atoms with Crippen molar-refractivity contribution in [3.63, 3.8) is 0 Å². The molecule has 2 aromatic heterocycles. The fourth-order valence-corrected chi connectivity index (χ4v) is 3.10. The largest absolute Gasteiger partial charge is 0.467 e. The highest BCUT2D eigenvalue weighted by atomic mass is 32.2. The lowest BCUT2D eigenvalue weighted by atomic mass is 10.1. The number of urea groups is 1. The third-order valence-corrected chi connectivity index (χ3v) is 4.72. The normalized spacial score (nSPS) is 10.6. The molecule has 0 unspecified atom stereocenters. The summed E-state index contributed by atoms with van der Waals surface area (Å²) in [4.78, 5) is 23.7. The highest BCUT2D eigenvalue weighted by molar-refractivity contribution is 7.99. The molecule has 3 aromatic rings. The zero-order valence-corrected chi connectivity index (χ0v) is 15.7. The van der Waals surface area contributed by atoms with Crippen LogP contribution in [0.4, 0.5) is 4.79 Å². The zero-order valence-electron chi connectivity index (χ0n) is 14.9. The van der Waals surface area contributed by atoms with E-state index in [1.54, 1.807) is 12.1 Å². The van der Waals surface area contributed by atoms with Crippen molar-refractivity contribution in [2.45, 2.75) is 18.6 Å². The van der Waals surface area contributed by atoms with E-state index in [-0.39, 0.29) is 12.3 Å². The number of furan rings is 1. The molecule has 0 radical (unpaired) electrons. The van der Waals surface area contributed by atoms with E-state index in [0.29, 0.717) is 10.9 Å². The van der Waals surface area contributed by atoms with Crippen molar-refractivity contribution in [2.24, 2.45) is 7.05 Å². The molecule has 9 heteroatoms. The van der Waals surface area contributed by atoms with Crippen molar-refractivity contribution in [1.29, 1.82) is 0 Å². The molecule has 2 heterocycles. The van der Waals surface area contributed by atoms with Crippen LogP contribution in [0.2, 0.25) is 0 Å². The van der Waals surface area contributed by atoms with Crippen molar-refractivity contribution in [2.75, 3.05) is 5.75 Å². The van der Waals surface area contributed by atoms with Crippen molar-refractivity contribution in [1.82, 2.24) is 25.4 Å². The van der Waals surface area contributed by atoms with Crippen LogP contribution in [0, 0.1) is 6.92 Å². The summed E-state index contributed by atoms with van der Waals surface area (Å²) >= 11 is 1.21. The second-order valence-electron chi connectivity index (χ2n) is 5.83. The van der Waals surface area contributed by atoms with E-state index < -0.39 is 11.9 Å². The van der Waals surface area contributed by atoms with Crippen LogP contribution in [0.3, 0.4) is 0 Å². The van der Waals surface area contributed by atoms with Gasteiger partial charge in [-0.1, -0.05) is 35.5 Å². The van der Waals surface area contributed by atoms with E-state index in [1.807, 2.05) is 42.8 Å². The van der Waals surface area contributed by atoms with Crippen LogP contribution in [0.15, 0.2) is 52.2 Å². The smallest absolute Gasteiger partial charge is 0.321 e. The van der Waals surface area contributed by atoms with Crippen LogP contribution in [-0.4, -0.2) is 32.5 Å². The minimum absolute atomic E-state index is 0.0496. The quantitative estimate of drug-likeness (QED) is 0.632. The Morgan fingerprint density at radius 2 is 2.07 bits per heavy atom. The lowest BCUT2D eigenvalue weighted by molar-refractivity contribution is -0.117. The monoisotopic (exact) mass is 385 g/mol. The number of imide groups is 1. The van der Waals surface area contributed by atoms with Gasteiger partial charge in [-0.05, 0) is 25.1 Å². The maximum absolute atomic E-state index is 11.9. The molecule has 0 aliphatic rings. The number of carbonyl (C=O) groups excluding carboxylic acids is 2. The molecule has 8 nitrogen and oxygen atoms in total. The maximum atomic E-state index is 11.9. The predicted molar refractivity (Wildman–Crippen MR) is 101 cm³/mol. The molecule has 0 atom stereocenters.